The normalized spacial score (nSPS) is 18.5. The zero-order valence-electron chi connectivity index (χ0n) is 17.4. The molecule has 2 aromatic rings. The van der Waals surface area contributed by atoms with Crippen molar-refractivity contribution in [3.8, 4) is 0 Å². The molecule has 2 aromatic carbocycles. The van der Waals surface area contributed by atoms with Gasteiger partial charge in [0.25, 0.3) is 0 Å². The number of hydrogen-bond donors (Lipinski definition) is 1. The number of amides is 2. The number of halogens is 1. The third-order valence-corrected chi connectivity index (χ3v) is 6.10. The highest BCUT2D eigenvalue weighted by Gasteiger charge is 2.58. The molecule has 2 fully saturated rings. The van der Waals surface area contributed by atoms with Crippen LogP contribution in [-0.4, -0.2) is 47.8 Å². The van der Waals surface area contributed by atoms with Gasteiger partial charge in [-0.1, -0.05) is 29.8 Å². The molecule has 2 amide bonds. The maximum Gasteiger partial charge on any atom is 0.240 e. The molecule has 158 valence electrons. The van der Waals surface area contributed by atoms with Crippen molar-refractivity contribution < 1.29 is 14.0 Å². The molecule has 2 aliphatic rings. The van der Waals surface area contributed by atoms with E-state index in [1.165, 1.54) is 35.4 Å². The summed E-state index contributed by atoms with van der Waals surface area (Å²) in [7, 11) is 0. The quantitative estimate of drug-likeness (QED) is 0.768. The fraction of sp³-hybridized carbons (Fsp3) is 0.417. The summed E-state index contributed by atoms with van der Waals surface area (Å²) in [4.78, 5) is 30.3. The van der Waals surface area contributed by atoms with Crippen LogP contribution in [0.2, 0.25) is 0 Å². The molecule has 0 aromatic heterocycles. The predicted molar refractivity (Wildman–Crippen MR) is 114 cm³/mol. The van der Waals surface area contributed by atoms with Crippen molar-refractivity contribution in [3.05, 3.63) is 65.5 Å². The first-order valence-electron chi connectivity index (χ1n) is 10.6. The summed E-state index contributed by atoms with van der Waals surface area (Å²) in [5.74, 6) is -0.705. The van der Waals surface area contributed by atoms with Crippen LogP contribution in [-0.2, 0) is 16.1 Å². The van der Waals surface area contributed by atoms with Crippen molar-refractivity contribution in [2.45, 2.75) is 32.7 Å². The van der Waals surface area contributed by atoms with E-state index in [0.29, 0.717) is 31.6 Å². The van der Waals surface area contributed by atoms with E-state index in [9.17, 15) is 14.0 Å². The van der Waals surface area contributed by atoms with E-state index in [1.807, 2.05) is 4.90 Å². The molecular weight excluding hydrogens is 381 g/mol. The molecule has 1 saturated heterocycles. The zero-order valence-corrected chi connectivity index (χ0v) is 17.4. The molecule has 1 aliphatic heterocycles. The number of anilines is 1. The van der Waals surface area contributed by atoms with E-state index in [4.69, 9.17) is 0 Å². The SMILES string of the molecule is Cc1ccc(CN2CCCN(C(=O)C3(C(=O)Nc4ccc(F)cc4)CC3)CC2)cc1. The average molecular weight is 410 g/mol. The van der Waals surface area contributed by atoms with Crippen LogP contribution in [0.15, 0.2) is 48.5 Å². The smallest absolute Gasteiger partial charge is 0.240 e. The lowest BCUT2D eigenvalue weighted by Crippen LogP contribution is -2.44. The monoisotopic (exact) mass is 409 g/mol. The van der Waals surface area contributed by atoms with E-state index < -0.39 is 5.41 Å². The third kappa shape index (κ3) is 4.54. The van der Waals surface area contributed by atoms with E-state index in [1.54, 1.807) is 0 Å². The van der Waals surface area contributed by atoms with Crippen LogP contribution < -0.4 is 5.32 Å². The molecule has 1 heterocycles. The number of nitrogens with one attached hydrogen (secondary N) is 1. The number of rotatable bonds is 5. The van der Waals surface area contributed by atoms with Gasteiger partial charge >= 0.3 is 0 Å². The molecule has 1 saturated carbocycles. The molecule has 1 N–H and O–H groups in total. The maximum absolute atomic E-state index is 13.2. The lowest BCUT2D eigenvalue weighted by Gasteiger charge is -2.26. The summed E-state index contributed by atoms with van der Waals surface area (Å²) in [6.45, 7) is 6.00. The molecule has 0 spiro atoms. The second kappa shape index (κ2) is 8.56. The minimum atomic E-state index is -0.958. The number of nitrogens with zero attached hydrogens (tertiary/aromatic N) is 2. The molecule has 0 unspecified atom stereocenters. The van der Waals surface area contributed by atoms with Gasteiger partial charge in [-0.25, -0.2) is 4.39 Å². The largest absolute Gasteiger partial charge is 0.340 e. The van der Waals surface area contributed by atoms with E-state index >= 15 is 0 Å². The zero-order chi connectivity index (χ0) is 21.1. The molecule has 0 radical (unpaired) electrons. The first-order valence-corrected chi connectivity index (χ1v) is 10.6. The van der Waals surface area contributed by atoms with Crippen molar-refractivity contribution in [2.75, 3.05) is 31.5 Å². The van der Waals surface area contributed by atoms with Crippen molar-refractivity contribution in [3.63, 3.8) is 0 Å². The molecule has 30 heavy (non-hydrogen) atoms. The fourth-order valence-electron chi connectivity index (χ4n) is 4.03. The lowest BCUT2D eigenvalue weighted by atomic mass is 10.0. The Hall–Kier alpha value is -2.73. The standard InChI is InChI=1S/C24H28FN3O2/c1-18-3-5-19(6-4-18)17-27-13-2-14-28(16-15-27)23(30)24(11-12-24)22(29)26-21-9-7-20(25)8-10-21/h3-10H,2,11-17H2,1H3,(H,26,29). The number of carbonyl (C=O) groups is 2. The summed E-state index contributed by atoms with van der Waals surface area (Å²) in [5.41, 5.74) is 2.08. The predicted octanol–water partition coefficient (Wildman–Crippen LogP) is 3.59. The average Bonchev–Trinajstić information content (AvgIpc) is 3.56. The summed E-state index contributed by atoms with van der Waals surface area (Å²) < 4.78 is 13.1. The van der Waals surface area contributed by atoms with Crippen molar-refractivity contribution in [1.29, 1.82) is 0 Å². The summed E-state index contributed by atoms with van der Waals surface area (Å²) in [6.07, 6.45) is 2.04. The van der Waals surface area contributed by atoms with Gasteiger partial charge in [-0.2, -0.15) is 0 Å². The van der Waals surface area contributed by atoms with Gasteiger partial charge < -0.3 is 10.2 Å². The van der Waals surface area contributed by atoms with Gasteiger partial charge in [0.2, 0.25) is 11.8 Å². The Balaban J connectivity index is 1.35. The molecule has 6 heteroatoms. The molecule has 0 atom stereocenters. The molecule has 4 rings (SSSR count). The number of aryl methyl sites for hydroxylation is 1. The van der Waals surface area contributed by atoms with Crippen LogP contribution in [0.25, 0.3) is 0 Å². The number of carbonyl (C=O) groups excluding carboxylic acids is 2. The lowest BCUT2D eigenvalue weighted by molar-refractivity contribution is -0.142. The Morgan fingerprint density at radius 2 is 1.67 bits per heavy atom. The second-order valence-corrected chi connectivity index (χ2v) is 8.45. The van der Waals surface area contributed by atoms with Gasteiger partial charge in [0.05, 0.1) is 0 Å². The minimum Gasteiger partial charge on any atom is -0.340 e. The molecule has 0 bridgehead atoms. The Bertz CT molecular complexity index is 907. The van der Waals surface area contributed by atoms with Crippen LogP contribution >= 0.6 is 0 Å². The topological polar surface area (TPSA) is 52.7 Å². The number of hydrogen-bond acceptors (Lipinski definition) is 3. The van der Waals surface area contributed by atoms with Gasteiger partial charge in [0, 0.05) is 38.4 Å². The third-order valence-electron chi connectivity index (χ3n) is 6.10. The number of benzene rings is 2. The van der Waals surface area contributed by atoms with Crippen LogP contribution in [0.3, 0.4) is 0 Å². The van der Waals surface area contributed by atoms with Gasteiger partial charge in [-0.05, 0) is 56.0 Å². The molecule has 5 nitrogen and oxygen atoms in total. The minimum absolute atomic E-state index is 0.0701. The fourth-order valence-corrected chi connectivity index (χ4v) is 4.03. The first kappa shape index (κ1) is 20.5. The van der Waals surface area contributed by atoms with E-state index in [0.717, 1.165) is 26.1 Å². The molecular formula is C24H28FN3O2. The highest BCUT2D eigenvalue weighted by atomic mass is 19.1. The van der Waals surface area contributed by atoms with Crippen LogP contribution in [0.1, 0.15) is 30.4 Å². The van der Waals surface area contributed by atoms with Gasteiger partial charge in [0.15, 0.2) is 0 Å². The Kier molecular flexibility index (Phi) is 5.86. The first-order chi connectivity index (χ1) is 14.5. The van der Waals surface area contributed by atoms with E-state index in [-0.39, 0.29) is 17.6 Å². The van der Waals surface area contributed by atoms with Crippen LogP contribution in [0.5, 0.6) is 0 Å². The van der Waals surface area contributed by atoms with E-state index in [2.05, 4.69) is 41.4 Å². The Labute approximate surface area is 176 Å². The summed E-state index contributed by atoms with van der Waals surface area (Å²) >= 11 is 0. The van der Waals surface area contributed by atoms with Gasteiger partial charge in [0.1, 0.15) is 11.2 Å². The second-order valence-electron chi connectivity index (χ2n) is 8.45. The van der Waals surface area contributed by atoms with Crippen molar-refractivity contribution >= 4 is 17.5 Å². The van der Waals surface area contributed by atoms with Crippen LogP contribution in [0.4, 0.5) is 10.1 Å². The highest BCUT2D eigenvalue weighted by molar-refractivity contribution is 6.13. The highest BCUT2D eigenvalue weighted by Crippen LogP contribution is 2.48. The summed E-state index contributed by atoms with van der Waals surface area (Å²) in [6, 6.07) is 14.2. The van der Waals surface area contributed by atoms with Crippen molar-refractivity contribution in [1.82, 2.24) is 9.80 Å². The van der Waals surface area contributed by atoms with Crippen molar-refractivity contribution in [2.24, 2.45) is 5.41 Å². The van der Waals surface area contributed by atoms with Gasteiger partial charge in [-0.3, -0.25) is 14.5 Å². The summed E-state index contributed by atoms with van der Waals surface area (Å²) in [5, 5.41) is 2.79. The van der Waals surface area contributed by atoms with Crippen LogP contribution in [0, 0.1) is 18.2 Å². The maximum atomic E-state index is 13.2. The molecule has 1 aliphatic carbocycles. The Morgan fingerprint density at radius 3 is 2.33 bits per heavy atom. The Morgan fingerprint density at radius 1 is 0.967 bits per heavy atom. The van der Waals surface area contributed by atoms with Gasteiger partial charge in [-0.15, -0.1) is 0 Å².